The number of aromatic nitrogens is 1. The minimum atomic E-state index is -0.169. The lowest BCUT2D eigenvalue weighted by Crippen LogP contribution is -2.07. The highest BCUT2D eigenvalue weighted by atomic mass is 35.5. The Kier molecular flexibility index (Phi) is 2.45. The molecule has 0 saturated carbocycles. The fraction of sp³-hybridized carbons (Fsp3) is 0.167. The Morgan fingerprint density at radius 2 is 2.19 bits per heavy atom. The zero-order valence-corrected chi connectivity index (χ0v) is 9.67. The van der Waals surface area contributed by atoms with Crippen molar-refractivity contribution >= 4 is 28.4 Å². The molecule has 1 heterocycles. The van der Waals surface area contributed by atoms with E-state index < -0.39 is 0 Å². The van der Waals surface area contributed by atoms with Crippen LogP contribution in [0.2, 0.25) is 5.02 Å². The average molecular weight is 233 g/mol. The third kappa shape index (κ3) is 1.39. The van der Waals surface area contributed by atoms with Gasteiger partial charge in [-0.25, -0.2) is 0 Å². The van der Waals surface area contributed by atoms with Gasteiger partial charge in [-0.3, -0.25) is 9.36 Å². The summed E-state index contributed by atoms with van der Waals surface area (Å²) in [6.07, 6.45) is 0. The number of carbonyl (C=O) groups is 1. The van der Waals surface area contributed by atoms with Crippen LogP contribution < -0.4 is 0 Å². The molecule has 3 nitrogen and oxygen atoms in total. The monoisotopic (exact) mass is 232 g/mol. The molecular formula is C12H9ClN2O. The molecule has 0 atom stereocenters. The highest BCUT2D eigenvalue weighted by Gasteiger charge is 2.16. The van der Waals surface area contributed by atoms with Gasteiger partial charge in [-0.2, -0.15) is 5.26 Å². The molecule has 0 fully saturated rings. The molecule has 0 saturated heterocycles. The first kappa shape index (κ1) is 10.7. The maximum Gasteiger partial charge on any atom is 0.229 e. The van der Waals surface area contributed by atoms with E-state index in [4.69, 9.17) is 16.9 Å². The minimum absolute atomic E-state index is 0.169. The number of nitrogens with zero attached hydrogens (tertiary/aromatic N) is 2. The van der Waals surface area contributed by atoms with Crippen LogP contribution in [0.25, 0.3) is 10.9 Å². The minimum Gasteiger partial charge on any atom is -0.274 e. The zero-order chi connectivity index (χ0) is 11.9. The van der Waals surface area contributed by atoms with Crippen molar-refractivity contribution in [3.8, 4) is 6.07 Å². The van der Waals surface area contributed by atoms with Gasteiger partial charge in [0.15, 0.2) is 0 Å². The summed E-state index contributed by atoms with van der Waals surface area (Å²) in [6, 6.07) is 7.29. The summed E-state index contributed by atoms with van der Waals surface area (Å²) >= 11 is 5.90. The van der Waals surface area contributed by atoms with Crippen molar-refractivity contribution in [3.63, 3.8) is 0 Å². The summed E-state index contributed by atoms with van der Waals surface area (Å²) < 4.78 is 1.42. The van der Waals surface area contributed by atoms with Gasteiger partial charge in [0.2, 0.25) is 5.91 Å². The van der Waals surface area contributed by atoms with Crippen LogP contribution in [0, 0.1) is 18.3 Å². The highest BCUT2D eigenvalue weighted by molar-refractivity contribution is 6.31. The third-order valence-corrected chi connectivity index (χ3v) is 2.84. The molecule has 0 radical (unpaired) electrons. The molecule has 4 heteroatoms. The van der Waals surface area contributed by atoms with Gasteiger partial charge in [0, 0.05) is 17.3 Å². The molecule has 2 aromatic rings. The van der Waals surface area contributed by atoms with Crippen molar-refractivity contribution in [3.05, 3.63) is 34.5 Å². The molecular weight excluding hydrogens is 224 g/mol. The van der Waals surface area contributed by atoms with Crippen molar-refractivity contribution in [2.45, 2.75) is 13.8 Å². The summed E-state index contributed by atoms with van der Waals surface area (Å²) in [6.45, 7) is 3.25. The van der Waals surface area contributed by atoms with Gasteiger partial charge in [-0.1, -0.05) is 11.6 Å². The van der Waals surface area contributed by atoms with Crippen LogP contribution in [-0.4, -0.2) is 10.5 Å². The number of carbonyl (C=O) groups excluding carboxylic acids is 1. The molecule has 0 spiro atoms. The van der Waals surface area contributed by atoms with E-state index >= 15 is 0 Å². The summed E-state index contributed by atoms with van der Waals surface area (Å²) in [5, 5.41) is 10.5. The molecule has 0 amide bonds. The molecule has 1 aromatic carbocycles. The first-order valence-corrected chi connectivity index (χ1v) is 5.15. The van der Waals surface area contributed by atoms with Crippen LogP contribution in [-0.2, 0) is 0 Å². The molecule has 0 aliphatic rings. The molecule has 2 rings (SSSR count). The SMILES string of the molecule is CC(=O)n1c(C#N)c(C)c2cc(Cl)ccc21. The Hall–Kier alpha value is -1.79. The van der Waals surface area contributed by atoms with Crippen LogP contribution in [0.15, 0.2) is 18.2 Å². The number of hydrogen-bond acceptors (Lipinski definition) is 2. The Labute approximate surface area is 97.8 Å². The van der Waals surface area contributed by atoms with Gasteiger partial charge in [-0.15, -0.1) is 0 Å². The normalized spacial score (nSPS) is 10.4. The number of halogens is 1. The van der Waals surface area contributed by atoms with E-state index in [9.17, 15) is 4.79 Å². The number of hydrogen-bond donors (Lipinski definition) is 0. The van der Waals surface area contributed by atoms with Crippen molar-refractivity contribution in [2.75, 3.05) is 0 Å². The standard InChI is InChI=1S/C12H9ClN2O/c1-7-10-5-9(13)3-4-11(10)15(8(2)16)12(7)6-14/h3-5H,1-2H3. The quantitative estimate of drug-likeness (QED) is 0.701. The second kappa shape index (κ2) is 3.66. The van der Waals surface area contributed by atoms with Gasteiger partial charge in [-0.05, 0) is 30.7 Å². The van der Waals surface area contributed by atoms with Crippen LogP contribution >= 0.6 is 11.6 Å². The number of rotatable bonds is 0. The Bertz CT molecular complexity index is 634. The molecule has 0 N–H and O–H groups in total. The van der Waals surface area contributed by atoms with Gasteiger partial charge >= 0.3 is 0 Å². The summed E-state index contributed by atoms with van der Waals surface area (Å²) in [7, 11) is 0. The van der Waals surface area contributed by atoms with E-state index in [0.717, 1.165) is 16.5 Å². The summed E-state index contributed by atoms with van der Waals surface area (Å²) in [5.41, 5.74) is 1.89. The fourth-order valence-corrected chi connectivity index (χ4v) is 2.05. The number of benzene rings is 1. The average Bonchev–Trinajstić information content (AvgIpc) is 2.51. The number of nitriles is 1. The first-order valence-electron chi connectivity index (χ1n) is 4.78. The van der Waals surface area contributed by atoms with Crippen molar-refractivity contribution in [1.82, 2.24) is 4.57 Å². The lowest BCUT2D eigenvalue weighted by atomic mass is 10.1. The lowest BCUT2D eigenvalue weighted by molar-refractivity contribution is 0.0940. The van der Waals surface area contributed by atoms with Gasteiger partial charge in [0.25, 0.3) is 0 Å². The summed E-state index contributed by atoms with van der Waals surface area (Å²) in [4.78, 5) is 11.5. The van der Waals surface area contributed by atoms with Gasteiger partial charge in [0.05, 0.1) is 5.52 Å². The molecule has 16 heavy (non-hydrogen) atoms. The number of fused-ring (bicyclic) bond motifs is 1. The Morgan fingerprint density at radius 1 is 1.50 bits per heavy atom. The molecule has 0 unspecified atom stereocenters. The van der Waals surface area contributed by atoms with E-state index in [1.807, 2.05) is 6.92 Å². The fourth-order valence-electron chi connectivity index (χ4n) is 1.88. The van der Waals surface area contributed by atoms with Crippen LogP contribution in [0.5, 0.6) is 0 Å². The first-order chi connectivity index (χ1) is 7.56. The Balaban J connectivity index is 2.99. The van der Waals surface area contributed by atoms with E-state index in [1.165, 1.54) is 11.5 Å². The Morgan fingerprint density at radius 3 is 2.75 bits per heavy atom. The van der Waals surface area contributed by atoms with Crippen LogP contribution in [0.4, 0.5) is 0 Å². The predicted molar refractivity (Wildman–Crippen MR) is 62.7 cm³/mol. The van der Waals surface area contributed by atoms with Gasteiger partial charge in [0.1, 0.15) is 11.8 Å². The second-order valence-corrected chi connectivity index (χ2v) is 4.04. The highest BCUT2D eigenvalue weighted by Crippen LogP contribution is 2.27. The smallest absolute Gasteiger partial charge is 0.229 e. The number of aryl methyl sites for hydroxylation is 1. The molecule has 80 valence electrons. The van der Waals surface area contributed by atoms with E-state index in [1.54, 1.807) is 18.2 Å². The van der Waals surface area contributed by atoms with E-state index in [0.29, 0.717) is 10.7 Å². The van der Waals surface area contributed by atoms with E-state index in [2.05, 4.69) is 6.07 Å². The topological polar surface area (TPSA) is 45.8 Å². The third-order valence-electron chi connectivity index (χ3n) is 2.60. The van der Waals surface area contributed by atoms with Crippen molar-refractivity contribution in [1.29, 1.82) is 5.26 Å². The van der Waals surface area contributed by atoms with Crippen molar-refractivity contribution in [2.24, 2.45) is 0 Å². The summed E-state index contributed by atoms with van der Waals surface area (Å²) in [5.74, 6) is -0.169. The zero-order valence-electron chi connectivity index (χ0n) is 8.91. The lowest BCUT2D eigenvalue weighted by Gasteiger charge is -2.00. The van der Waals surface area contributed by atoms with Gasteiger partial charge < -0.3 is 0 Å². The van der Waals surface area contributed by atoms with Crippen molar-refractivity contribution < 1.29 is 4.79 Å². The molecule has 1 aromatic heterocycles. The molecule has 0 aliphatic heterocycles. The van der Waals surface area contributed by atoms with Crippen LogP contribution in [0.1, 0.15) is 23.0 Å². The predicted octanol–water partition coefficient (Wildman–Crippen LogP) is 3.13. The molecule has 0 aliphatic carbocycles. The second-order valence-electron chi connectivity index (χ2n) is 3.60. The maximum absolute atomic E-state index is 11.5. The maximum atomic E-state index is 11.5. The van der Waals surface area contributed by atoms with E-state index in [-0.39, 0.29) is 5.91 Å². The van der Waals surface area contributed by atoms with Crippen LogP contribution in [0.3, 0.4) is 0 Å². The largest absolute Gasteiger partial charge is 0.274 e. The molecule has 0 bridgehead atoms.